The Balaban J connectivity index is 1.89. The Bertz CT molecular complexity index is 490. The maximum absolute atomic E-state index is 12.0. The van der Waals surface area contributed by atoms with Gasteiger partial charge in [-0.05, 0) is 39.0 Å². The summed E-state index contributed by atoms with van der Waals surface area (Å²) in [4.78, 5) is 16.1. The molecular weight excluding hydrogens is 238 g/mol. The lowest BCUT2D eigenvalue weighted by Gasteiger charge is -2.09. The van der Waals surface area contributed by atoms with Gasteiger partial charge in [0.2, 0.25) is 0 Å². The van der Waals surface area contributed by atoms with Crippen molar-refractivity contribution in [3.63, 3.8) is 0 Å². The van der Waals surface area contributed by atoms with Gasteiger partial charge in [-0.15, -0.1) is 0 Å². The molecule has 0 aromatic carbocycles. The topological polar surface area (TPSA) is 46.9 Å². The van der Waals surface area contributed by atoms with E-state index in [1.807, 2.05) is 6.92 Å². The molecule has 1 aliphatic carbocycles. The van der Waals surface area contributed by atoms with Gasteiger partial charge in [0.1, 0.15) is 0 Å². The first-order valence-corrected chi connectivity index (χ1v) is 7.28. The van der Waals surface area contributed by atoms with Crippen molar-refractivity contribution in [3.8, 4) is 0 Å². The van der Waals surface area contributed by atoms with Crippen molar-refractivity contribution >= 4 is 5.82 Å². The molecule has 4 heteroatoms. The second-order valence-electron chi connectivity index (χ2n) is 5.01. The average Bonchev–Trinajstić information content (AvgIpc) is 2.69. The summed E-state index contributed by atoms with van der Waals surface area (Å²) in [7, 11) is 0. The standard InChI is InChI=1S/C15H23N3O/c1-2-18-12-11-17-14(15(18)19)16-10-9-13-7-5-3-4-6-8-13/h7,11-12H,2-6,8-10H2,1H3,(H,16,17). The maximum atomic E-state index is 12.0. The molecule has 1 aromatic heterocycles. The number of allylic oxidation sites excluding steroid dienone is 1. The Kier molecular flexibility index (Phi) is 5.19. The molecule has 2 rings (SSSR count). The quantitative estimate of drug-likeness (QED) is 0.829. The molecule has 0 saturated carbocycles. The smallest absolute Gasteiger partial charge is 0.293 e. The van der Waals surface area contributed by atoms with E-state index in [0.717, 1.165) is 13.0 Å². The number of rotatable bonds is 5. The van der Waals surface area contributed by atoms with Crippen LogP contribution in [0.25, 0.3) is 0 Å². The lowest BCUT2D eigenvalue weighted by atomic mass is 10.1. The molecule has 0 fully saturated rings. The Morgan fingerprint density at radius 1 is 1.37 bits per heavy atom. The Morgan fingerprint density at radius 2 is 2.26 bits per heavy atom. The normalized spacial score (nSPS) is 15.7. The van der Waals surface area contributed by atoms with E-state index in [-0.39, 0.29) is 5.56 Å². The van der Waals surface area contributed by atoms with Crippen molar-refractivity contribution in [1.29, 1.82) is 0 Å². The van der Waals surface area contributed by atoms with Crippen LogP contribution in [-0.4, -0.2) is 16.1 Å². The van der Waals surface area contributed by atoms with Crippen LogP contribution in [0.3, 0.4) is 0 Å². The number of hydrogen-bond acceptors (Lipinski definition) is 3. The molecule has 1 heterocycles. The molecule has 1 N–H and O–H groups in total. The average molecular weight is 261 g/mol. The summed E-state index contributed by atoms with van der Waals surface area (Å²) in [6.07, 6.45) is 13.2. The van der Waals surface area contributed by atoms with Crippen molar-refractivity contribution in [1.82, 2.24) is 9.55 Å². The van der Waals surface area contributed by atoms with Gasteiger partial charge < -0.3 is 9.88 Å². The fraction of sp³-hybridized carbons (Fsp3) is 0.600. The van der Waals surface area contributed by atoms with Gasteiger partial charge in [-0.25, -0.2) is 4.98 Å². The van der Waals surface area contributed by atoms with E-state index < -0.39 is 0 Å². The summed E-state index contributed by atoms with van der Waals surface area (Å²) >= 11 is 0. The predicted octanol–water partition coefficient (Wildman–Crippen LogP) is 2.96. The Morgan fingerprint density at radius 3 is 3.11 bits per heavy atom. The van der Waals surface area contributed by atoms with Crippen molar-refractivity contribution in [2.45, 2.75) is 52.0 Å². The number of nitrogens with zero attached hydrogens (tertiary/aromatic N) is 2. The van der Waals surface area contributed by atoms with Crippen LogP contribution < -0.4 is 10.9 Å². The van der Waals surface area contributed by atoms with Crippen LogP contribution in [-0.2, 0) is 6.54 Å². The SMILES string of the molecule is CCn1ccnc(NCCC2=CCCCCC2)c1=O. The van der Waals surface area contributed by atoms with Gasteiger partial charge in [0, 0.05) is 25.5 Å². The summed E-state index contributed by atoms with van der Waals surface area (Å²) in [5.74, 6) is 0.471. The third-order valence-corrected chi connectivity index (χ3v) is 3.63. The Labute approximate surface area is 114 Å². The van der Waals surface area contributed by atoms with Crippen LogP contribution in [0.5, 0.6) is 0 Å². The number of nitrogens with one attached hydrogen (secondary N) is 1. The number of anilines is 1. The van der Waals surface area contributed by atoms with E-state index in [4.69, 9.17) is 0 Å². The van der Waals surface area contributed by atoms with Gasteiger partial charge in [-0.2, -0.15) is 0 Å². The summed E-state index contributed by atoms with van der Waals surface area (Å²) in [5, 5.41) is 3.17. The van der Waals surface area contributed by atoms with E-state index >= 15 is 0 Å². The summed E-state index contributed by atoms with van der Waals surface area (Å²) in [5.41, 5.74) is 1.50. The maximum Gasteiger partial charge on any atom is 0.293 e. The highest BCUT2D eigenvalue weighted by Crippen LogP contribution is 2.19. The van der Waals surface area contributed by atoms with Gasteiger partial charge in [0.05, 0.1) is 0 Å². The molecule has 1 aromatic rings. The molecule has 0 atom stereocenters. The first kappa shape index (κ1) is 13.8. The molecule has 0 aliphatic heterocycles. The molecule has 19 heavy (non-hydrogen) atoms. The Hall–Kier alpha value is -1.58. The monoisotopic (exact) mass is 261 g/mol. The molecule has 0 unspecified atom stereocenters. The first-order valence-electron chi connectivity index (χ1n) is 7.28. The van der Waals surface area contributed by atoms with Crippen LogP contribution in [0.2, 0.25) is 0 Å². The highest BCUT2D eigenvalue weighted by atomic mass is 16.1. The van der Waals surface area contributed by atoms with Crippen molar-refractivity contribution in [2.75, 3.05) is 11.9 Å². The van der Waals surface area contributed by atoms with Crippen molar-refractivity contribution < 1.29 is 0 Å². The van der Waals surface area contributed by atoms with Crippen LogP contribution >= 0.6 is 0 Å². The van der Waals surface area contributed by atoms with Gasteiger partial charge in [-0.1, -0.05) is 18.1 Å². The zero-order chi connectivity index (χ0) is 13.5. The largest absolute Gasteiger partial charge is 0.365 e. The van der Waals surface area contributed by atoms with Crippen LogP contribution in [0.1, 0.15) is 45.4 Å². The van der Waals surface area contributed by atoms with E-state index in [0.29, 0.717) is 12.4 Å². The summed E-state index contributed by atoms with van der Waals surface area (Å²) in [6.45, 7) is 3.44. The second kappa shape index (κ2) is 7.12. The molecule has 0 saturated heterocycles. The summed E-state index contributed by atoms with van der Waals surface area (Å²) in [6, 6.07) is 0. The lowest BCUT2D eigenvalue weighted by Crippen LogP contribution is -2.24. The van der Waals surface area contributed by atoms with Crippen LogP contribution in [0.4, 0.5) is 5.82 Å². The van der Waals surface area contributed by atoms with E-state index in [1.54, 1.807) is 17.0 Å². The number of hydrogen-bond donors (Lipinski definition) is 1. The number of aryl methyl sites for hydroxylation is 1. The first-order chi connectivity index (χ1) is 9.31. The van der Waals surface area contributed by atoms with Gasteiger partial charge in [-0.3, -0.25) is 4.79 Å². The fourth-order valence-electron chi connectivity index (χ4n) is 2.47. The molecule has 0 spiro atoms. The molecule has 1 aliphatic rings. The molecule has 4 nitrogen and oxygen atoms in total. The minimum atomic E-state index is -0.0279. The molecule has 0 bridgehead atoms. The number of aromatic nitrogens is 2. The third-order valence-electron chi connectivity index (χ3n) is 3.63. The second-order valence-corrected chi connectivity index (χ2v) is 5.01. The molecule has 0 radical (unpaired) electrons. The van der Waals surface area contributed by atoms with Crippen molar-refractivity contribution in [2.24, 2.45) is 0 Å². The van der Waals surface area contributed by atoms with E-state index in [9.17, 15) is 4.79 Å². The van der Waals surface area contributed by atoms with E-state index in [2.05, 4.69) is 16.4 Å². The summed E-state index contributed by atoms with van der Waals surface area (Å²) < 4.78 is 1.67. The molecule has 0 amide bonds. The van der Waals surface area contributed by atoms with Crippen LogP contribution in [0.15, 0.2) is 28.8 Å². The van der Waals surface area contributed by atoms with E-state index in [1.165, 1.54) is 37.7 Å². The predicted molar refractivity (Wildman–Crippen MR) is 78.4 cm³/mol. The van der Waals surface area contributed by atoms with Gasteiger partial charge in [0.25, 0.3) is 5.56 Å². The molecular formula is C15H23N3O. The minimum absolute atomic E-state index is 0.0279. The zero-order valence-electron chi connectivity index (χ0n) is 11.7. The van der Waals surface area contributed by atoms with Gasteiger partial charge >= 0.3 is 0 Å². The highest BCUT2D eigenvalue weighted by Gasteiger charge is 2.05. The highest BCUT2D eigenvalue weighted by molar-refractivity contribution is 5.31. The zero-order valence-corrected chi connectivity index (χ0v) is 11.7. The minimum Gasteiger partial charge on any atom is -0.365 e. The van der Waals surface area contributed by atoms with Gasteiger partial charge in [0.15, 0.2) is 5.82 Å². The van der Waals surface area contributed by atoms with Crippen LogP contribution in [0, 0.1) is 0 Å². The van der Waals surface area contributed by atoms with Crippen molar-refractivity contribution in [3.05, 3.63) is 34.4 Å². The lowest BCUT2D eigenvalue weighted by molar-refractivity contribution is 0.702. The fourth-order valence-corrected chi connectivity index (χ4v) is 2.47. The molecule has 104 valence electrons. The third kappa shape index (κ3) is 3.94.